The van der Waals surface area contributed by atoms with E-state index in [4.69, 9.17) is 5.11 Å². The summed E-state index contributed by atoms with van der Waals surface area (Å²) in [6.07, 6.45) is 6.92. The Labute approximate surface area is 141 Å². The molecule has 0 saturated heterocycles. The minimum atomic E-state index is -0.712. The SMILES string of the molecule is O=C(NCCCO)C1(CO)CC1C=Cc1cnc2ccccc2c1. The largest absolute Gasteiger partial charge is 0.396 e. The number of carbonyl (C=O) groups excluding carboxylic acids is 1. The Morgan fingerprint density at radius 1 is 1.38 bits per heavy atom. The molecule has 3 rings (SSSR count). The normalized spacial score (nSPS) is 22.8. The number of allylic oxidation sites excluding steroid dienone is 1. The Morgan fingerprint density at radius 2 is 2.21 bits per heavy atom. The maximum absolute atomic E-state index is 12.2. The van der Waals surface area contributed by atoms with E-state index in [0.717, 1.165) is 16.5 Å². The van der Waals surface area contributed by atoms with Gasteiger partial charge in [0.1, 0.15) is 0 Å². The van der Waals surface area contributed by atoms with Gasteiger partial charge in [-0.15, -0.1) is 0 Å². The van der Waals surface area contributed by atoms with Crippen molar-refractivity contribution in [3.63, 3.8) is 0 Å². The maximum atomic E-state index is 12.2. The van der Waals surface area contributed by atoms with Crippen LogP contribution in [0, 0.1) is 11.3 Å². The average molecular weight is 326 g/mol. The molecule has 1 aliphatic rings. The van der Waals surface area contributed by atoms with Crippen LogP contribution in [0.5, 0.6) is 0 Å². The summed E-state index contributed by atoms with van der Waals surface area (Å²) in [5.74, 6) is -0.104. The van der Waals surface area contributed by atoms with Crippen molar-refractivity contribution >= 4 is 22.9 Å². The molecule has 1 aliphatic carbocycles. The number of aliphatic hydroxyl groups is 2. The Balaban J connectivity index is 1.66. The van der Waals surface area contributed by atoms with E-state index in [1.165, 1.54) is 0 Å². The van der Waals surface area contributed by atoms with Gasteiger partial charge in [0, 0.05) is 24.7 Å². The maximum Gasteiger partial charge on any atom is 0.229 e. The first-order chi connectivity index (χ1) is 11.7. The number of aliphatic hydroxyl groups excluding tert-OH is 2. The number of amides is 1. The standard InChI is InChI=1S/C19H22N2O3/c22-9-3-8-20-18(24)19(13-23)11-16(19)7-6-14-10-15-4-1-2-5-17(15)21-12-14/h1-2,4-7,10,12,16,22-23H,3,8-9,11,13H2,(H,20,24). The van der Waals surface area contributed by atoms with Crippen molar-refractivity contribution < 1.29 is 15.0 Å². The van der Waals surface area contributed by atoms with Gasteiger partial charge >= 0.3 is 0 Å². The summed E-state index contributed by atoms with van der Waals surface area (Å²) in [6.45, 7) is 0.315. The first-order valence-electron chi connectivity index (χ1n) is 8.22. The molecule has 1 heterocycles. The zero-order valence-corrected chi connectivity index (χ0v) is 13.5. The van der Waals surface area contributed by atoms with Crippen LogP contribution in [0.1, 0.15) is 18.4 Å². The Hall–Kier alpha value is -2.24. The second kappa shape index (κ2) is 7.11. The van der Waals surface area contributed by atoms with E-state index in [0.29, 0.717) is 19.4 Å². The van der Waals surface area contributed by atoms with Crippen molar-refractivity contribution in [2.45, 2.75) is 12.8 Å². The number of pyridine rings is 1. The molecule has 2 atom stereocenters. The van der Waals surface area contributed by atoms with Gasteiger partial charge in [-0.05, 0) is 36.5 Å². The molecule has 0 bridgehead atoms. The van der Waals surface area contributed by atoms with Crippen molar-refractivity contribution in [3.8, 4) is 0 Å². The van der Waals surface area contributed by atoms with Gasteiger partial charge in [-0.2, -0.15) is 0 Å². The van der Waals surface area contributed by atoms with Gasteiger partial charge in [0.2, 0.25) is 5.91 Å². The van der Waals surface area contributed by atoms with E-state index in [-0.39, 0.29) is 25.0 Å². The summed E-state index contributed by atoms with van der Waals surface area (Å²) in [5.41, 5.74) is 1.22. The summed E-state index contributed by atoms with van der Waals surface area (Å²) in [7, 11) is 0. The highest BCUT2D eigenvalue weighted by Crippen LogP contribution is 2.53. The first kappa shape index (κ1) is 16.6. The predicted molar refractivity (Wildman–Crippen MR) is 93.1 cm³/mol. The molecule has 1 aromatic heterocycles. The molecule has 126 valence electrons. The lowest BCUT2D eigenvalue weighted by Crippen LogP contribution is -2.36. The Morgan fingerprint density at radius 3 is 3.00 bits per heavy atom. The van der Waals surface area contributed by atoms with Gasteiger partial charge in [-0.25, -0.2) is 0 Å². The van der Waals surface area contributed by atoms with Gasteiger partial charge in [-0.1, -0.05) is 30.4 Å². The van der Waals surface area contributed by atoms with E-state index in [1.807, 2.05) is 42.6 Å². The van der Waals surface area contributed by atoms with Crippen LogP contribution >= 0.6 is 0 Å². The Bertz CT molecular complexity index is 759. The predicted octanol–water partition coefficient (Wildman–Crippen LogP) is 1.75. The van der Waals surface area contributed by atoms with Crippen molar-refractivity contribution in [2.24, 2.45) is 11.3 Å². The van der Waals surface area contributed by atoms with Crippen LogP contribution < -0.4 is 5.32 Å². The van der Waals surface area contributed by atoms with Crippen LogP contribution in [0.3, 0.4) is 0 Å². The van der Waals surface area contributed by atoms with Crippen LogP contribution in [-0.2, 0) is 4.79 Å². The molecule has 5 heteroatoms. The number of fused-ring (bicyclic) bond motifs is 1. The third-order valence-corrected chi connectivity index (χ3v) is 4.62. The molecular formula is C19H22N2O3. The molecule has 2 unspecified atom stereocenters. The topological polar surface area (TPSA) is 82.5 Å². The van der Waals surface area contributed by atoms with E-state index < -0.39 is 5.41 Å². The third kappa shape index (κ3) is 3.32. The van der Waals surface area contributed by atoms with Crippen LogP contribution in [0.25, 0.3) is 17.0 Å². The van der Waals surface area contributed by atoms with Gasteiger partial charge < -0.3 is 15.5 Å². The van der Waals surface area contributed by atoms with E-state index >= 15 is 0 Å². The second-order valence-electron chi connectivity index (χ2n) is 6.28. The number of benzene rings is 1. The first-order valence-corrected chi connectivity index (χ1v) is 8.22. The summed E-state index contributed by atoms with van der Waals surface area (Å²) in [6, 6.07) is 9.98. The van der Waals surface area contributed by atoms with E-state index in [9.17, 15) is 9.90 Å². The summed E-state index contributed by atoms with van der Waals surface area (Å²) in [4.78, 5) is 16.6. The zero-order valence-electron chi connectivity index (χ0n) is 13.5. The lowest BCUT2D eigenvalue weighted by atomic mass is 10.0. The highest BCUT2D eigenvalue weighted by molar-refractivity contribution is 5.87. The Kier molecular flexibility index (Phi) is 4.92. The number of nitrogens with zero attached hydrogens (tertiary/aromatic N) is 1. The summed E-state index contributed by atoms with van der Waals surface area (Å²) < 4.78 is 0. The zero-order chi connectivity index (χ0) is 17.0. The molecule has 1 amide bonds. The van der Waals surface area contributed by atoms with Gasteiger partial charge in [0.15, 0.2) is 0 Å². The third-order valence-electron chi connectivity index (χ3n) is 4.62. The quantitative estimate of drug-likeness (QED) is 0.677. The minimum absolute atomic E-state index is 0.0306. The lowest BCUT2D eigenvalue weighted by Gasteiger charge is -2.13. The summed E-state index contributed by atoms with van der Waals surface area (Å²) >= 11 is 0. The molecule has 0 aliphatic heterocycles. The molecule has 1 saturated carbocycles. The molecule has 5 nitrogen and oxygen atoms in total. The average Bonchev–Trinajstić information content (AvgIpc) is 3.35. The van der Waals surface area contributed by atoms with Crippen molar-refractivity contribution in [2.75, 3.05) is 19.8 Å². The highest BCUT2D eigenvalue weighted by atomic mass is 16.3. The fourth-order valence-corrected chi connectivity index (χ4v) is 2.96. The second-order valence-corrected chi connectivity index (χ2v) is 6.28. The van der Waals surface area contributed by atoms with Crippen molar-refractivity contribution in [1.29, 1.82) is 0 Å². The number of carbonyl (C=O) groups is 1. The van der Waals surface area contributed by atoms with Crippen LogP contribution in [0.4, 0.5) is 0 Å². The van der Waals surface area contributed by atoms with Gasteiger partial charge in [0.25, 0.3) is 0 Å². The number of nitrogens with one attached hydrogen (secondary N) is 1. The monoisotopic (exact) mass is 326 g/mol. The molecular weight excluding hydrogens is 304 g/mol. The summed E-state index contributed by atoms with van der Waals surface area (Å²) in [5, 5.41) is 22.3. The van der Waals surface area contributed by atoms with Gasteiger partial charge in [-0.3, -0.25) is 9.78 Å². The number of hydrogen-bond donors (Lipinski definition) is 3. The molecule has 1 fully saturated rings. The fourth-order valence-electron chi connectivity index (χ4n) is 2.96. The van der Waals surface area contributed by atoms with Crippen molar-refractivity contribution in [3.05, 3.63) is 48.2 Å². The van der Waals surface area contributed by atoms with Crippen molar-refractivity contribution in [1.82, 2.24) is 10.3 Å². The van der Waals surface area contributed by atoms with E-state index in [1.54, 1.807) is 0 Å². The van der Waals surface area contributed by atoms with Gasteiger partial charge in [0.05, 0.1) is 17.5 Å². The molecule has 24 heavy (non-hydrogen) atoms. The molecule has 3 N–H and O–H groups in total. The van der Waals surface area contributed by atoms with Crippen LogP contribution in [-0.4, -0.2) is 40.9 Å². The lowest BCUT2D eigenvalue weighted by molar-refractivity contribution is -0.128. The molecule has 1 aromatic carbocycles. The highest BCUT2D eigenvalue weighted by Gasteiger charge is 2.58. The van der Waals surface area contributed by atoms with E-state index in [2.05, 4.69) is 16.4 Å². The fraction of sp³-hybridized carbons (Fsp3) is 0.368. The number of para-hydroxylation sites is 1. The van der Waals surface area contributed by atoms with Crippen LogP contribution in [0.15, 0.2) is 42.6 Å². The molecule has 0 radical (unpaired) electrons. The minimum Gasteiger partial charge on any atom is -0.396 e. The van der Waals surface area contributed by atoms with Crippen LogP contribution in [0.2, 0.25) is 0 Å². The number of hydrogen-bond acceptors (Lipinski definition) is 4. The number of rotatable bonds is 7. The molecule has 0 spiro atoms. The number of aromatic nitrogens is 1. The smallest absolute Gasteiger partial charge is 0.229 e. The molecule has 2 aromatic rings.